The molecule has 2 heterocycles. The van der Waals surface area contributed by atoms with Gasteiger partial charge in [-0.3, -0.25) is 0 Å². The van der Waals surface area contributed by atoms with Gasteiger partial charge in [0.2, 0.25) is 0 Å². The molecule has 0 N–H and O–H groups in total. The van der Waals surface area contributed by atoms with Gasteiger partial charge in [0, 0.05) is 33.4 Å². The zero-order valence-corrected chi connectivity index (χ0v) is 33.0. The molecule has 2 aliphatic heterocycles. The van der Waals surface area contributed by atoms with Gasteiger partial charge in [0.05, 0.1) is 24.2 Å². The van der Waals surface area contributed by atoms with Crippen LogP contribution in [0.1, 0.15) is 73.6 Å². The largest absolute Gasteiger partial charge is 0.325 e. The lowest BCUT2D eigenvalue weighted by Gasteiger charge is -2.39. The van der Waals surface area contributed by atoms with Crippen molar-refractivity contribution in [2.24, 2.45) is 0 Å². The van der Waals surface area contributed by atoms with Crippen LogP contribution >= 0.6 is 16.4 Å². The van der Waals surface area contributed by atoms with E-state index in [-0.39, 0.29) is 0 Å². The van der Waals surface area contributed by atoms with E-state index in [2.05, 4.69) is 168 Å². The van der Waals surface area contributed by atoms with E-state index in [0.29, 0.717) is 24.2 Å². The highest BCUT2D eigenvalue weighted by Crippen LogP contribution is 2.64. The molecule has 5 aromatic carbocycles. The smallest absolute Gasteiger partial charge is 0.130 e. The van der Waals surface area contributed by atoms with Gasteiger partial charge in [-0.25, -0.2) is 0 Å². The molecule has 52 heavy (non-hydrogen) atoms. The molecule has 2 aliphatic carbocycles. The van der Waals surface area contributed by atoms with Gasteiger partial charge in [-0.05, 0) is 102 Å². The molecule has 4 nitrogen and oxygen atoms in total. The molecule has 4 aliphatic rings. The first-order valence-electron chi connectivity index (χ1n) is 19.6. The Morgan fingerprint density at radius 2 is 0.577 bits per heavy atom. The quantitative estimate of drug-likeness (QED) is 0.162. The number of anilines is 4. The lowest BCUT2D eigenvalue weighted by Crippen LogP contribution is -2.40. The summed E-state index contributed by atoms with van der Waals surface area (Å²) >= 11 is 0. The van der Waals surface area contributed by atoms with E-state index in [1.165, 1.54) is 107 Å². The first kappa shape index (κ1) is 34.0. The summed E-state index contributed by atoms with van der Waals surface area (Å²) in [7, 11) is -1.81. The molecule has 266 valence electrons. The second-order valence-electron chi connectivity index (χ2n) is 15.6. The third-order valence-electron chi connectivity index (χ3n) is 12.0. The Morgan fingerprint density at radius 3 is 0.808 bits per heavy atom. The molecule has 0 aromatic heterocycles. The number of fused-ring (bicyclic) bond motifs is 2. The molecule has 2 saturated heterocycles. The Labute approximate surface area is 314 Å². The van der Waals surface area contributed by atoms with Gasteiger partial charge < -0.3 is 18.7 Å². The van der Waals surface area contributed by atoms with Crippen molar-refractivity contribution in [1.29, 1.82) is 0 Å². The van der Waals surface area contributed by atoms with E-state index in [1.54, 1.807) is 0 Å². The van der Waals surface area contributed by atoms with E-state index in [4.69, 9.17) is 0 Å². The summed E-state index contributed by atoms with van der Waals surface area (Å²) < 4.78 is 11.6. The van der Waals surface area contributed by atoms with Crippen LogP contribution in [0.5, 0.6) is 0 Å². The van der Waals surface area contributed by atoms with Crippen molar-refractivity contribution in [3.63, 3.8) is 0 Å². The zero-order chi connectivity index (χ0) is 35.3. The summed E-state index contributed by atoms with van der Waals surface area (Å²) in [5.41, 5.74) is 10.8. The van der Waals surface area contributed by atoms with Crippen molar-refractivity contribution in [2.75, 3.05) is 18.7 Å². The summed E-state index contributed by atoms with van der Waals surface area (Å²) in [4.78, 5) is 0. The number of rotatable bonds is 6. The van der Waals surface area contributed by atoms with Crippen molar-refractivity contribution >= 4 is 49.8 Å². The van der Waals surface area contributed by atoms with E-state index in [0.717, 1.165) is 0 Å². The first-order valence-corrected chi connectivity index (χ1v) is 22.1. The van der Waals surface area contributed by atoms with E-state index in [1.807, 2.05) is 0 Å². The van der Waals surface area contributed by atoms with Crippen molar-refractivity contribution in [2.45, 2.75) is 103 Å². The molecule has 0 unspecified atom stereocenters. The van der Waals surface area contributed by atoms with Gasteiger partial charge >= 0.3 is 0 Å². The third kappa shape index (κ3) is 6.01. The van der Waals surface area contributed by atoms with Gasteiger partial charge in [0.1, 0.15) is 16.4 Å². The molecular formula is C46H52N4P2. The lowest BCUT2D eigenvalue weighted by atomic mass is 9.89. The molecule has 0 bridgehead atoms. The Morgan fingerprint density at radius 1 is 0.346 bits per heavy atom. The zero-order valence-electron chi connectivity index (χ0n) is 31.2. The van der Waals surface area contributed by atoms with Crippen molar-refractivity contribution in [3.05, 3.63) is 144 Å². The fourth-order valence-corrected chi connectivity index (χ4v) is 15.8. The highest BCUT2D eigenvalue weighted by Gasteiger charge is 2.53. The minimum atomic E-state index is -0.904. The van der Waals surface area contributed by atoms with Crippen LogP contribution in [-0.2, 0) is 0 Å². The van der Waals surface area contributed by atoms with Crippen LogP contribution in [0.25, 0.3) is 0 Å². The number of aryl methyl sites for hydroxylation is 4. The Hall–Kier alpha value is -3.84. The minimum absolute atomic E-state index is 0.484. The van der Waals surface area contributed by atoms with Gasteiger partial charge in [0.15, 0.2) is 0 Å². The number of benzene rings is 5. The molecule has 0 spiro atoms. The maximum atomic E-state index is 2.90. The average molecular weight is 723 g/mol. The van der Waals surface area contributed by atoms with Crippen LogP contribution in [-0.4, -0.2) is 24.2 Å². The predicted molar refractivity (Wildman–Crippen MR) is 226 cm³/mol. The fourth-order valence-electron chi connectivity index (χ4n) is 9.35. The molecule has 6 heteroatoms. The van der Waals surface area contributed by atoms with Gasteiger partial charge in [0.25, 0.3) is 0 Å². The molecular weight excluding hydrogens is 670 g/mol. The maximum Gasteiger partial charge on any atom is 0.130 e. The van der Waals surface area contributed by atoms with Crippen LogP contribution in [0.4, 0.5) is 22.7 Å². The summed E-state index contributed by atoms with van der Waals surface area (Å²) in [5, 5.41) is 3.04. The minimum Gasteiger partial charge on any atom is -0.325 e. The number of hydrogen-bond acceptors (Lipinski definition) is 4. The Kier molecular flexibility index (Phi) is 9.27. The molecule has 5 aromatic rings. The summed E-state index contributed by atoms with van der Waals surface area (Å²) in [6.07, 6.45) is 10.2. The Bertz CT molecular complexity index is 1730. The molecule has 2 saturated carbocycles. The highest BCUT2D eigenvalue weighted by atomic mass is 31.1. The van der Waals surface area contributed by atoms with Crippen LogP contribution in [0.15, 0.2) is 121 Å². The van der Waals surface area contributed by atoms with E-state index in [9.17, 15) is 0 Å². The number of nitrogens with zero attached hydrogens (tertiary/aromatic N) is 4. The summed E-state index contributed by atoms with van der Waals surface area (Å²) in [5.74, 6) is 0. The molecule has 0 radical (unpaired) electrons. The monoisotopic (exact) mass is 722 g/mol. The second kappa shape index (κ2) is 14.2. The standard InChI is InChI=1S/C46H52N4P2/c1-33-17-25-37(26-18-33)47-41-11-5-6-12-42(41)48(38-27-19-34(2)20-28-38)51(47)45-15-9-10-16-46(45)52-49(39-29-21-35(3)22-30-39)43-13-7-8-14-44(43)50(52)40-31-23-36(4)24-32-40/h9-10,15-32,41-44H,5-8,11-14H2,1-4H3/t41-,42-,43-,44-/m1/s1. The molecule has 4 atom stereocenters. The maximum absolute atomic E-state index is 2.90. The first-order chi connectivity index (χ1) is 25.5. The predicted octanol–water partition coefficient (Wildman–Crippen LogP) is 11.5. The average Bonchev–Trinajstić information content (AvgIpc) is 3.70. The SMILES string of the molecule is Cc1ccc(N2[C@@H]3CCCC[C@H]3N(c3ccc(C)cc3)P2c2ccccc2P2N(c3ccc(C)cc3)[C@@H]3CCCC[C@H]3N2c2ccc(C)cc2)cc1. The van der Waals surface area contributed by atoms with Crippen molar-refractivity contribution in [1.82, 2.24) is 0 Å². The Balaban J connectivity index is 1.28. The van der Waals surface area contributed by atoms with Crippen LogP contribution < -0.4 is 29.3 Å². The van der Waals surface area contributed by atoms with Gasteiger partial charge in [-0.2, -0.15) is 0 Å². The number of hydrogen-bond donors (Lipinski definition) is 0. The van der Waals surface area contributed by atoms with Gasteiger partial charge in [-0.1, -0.05) is 121 Å². The summed E-state index contributed by atoms with van der Waals surface area (Å²) in [6, 6.07) is 49.5. The third-order valence-corrected chi connectivity index (χ3v) is 17.5. The van der Waals surface area contributed by atoms with Crippen LogP contribution in [0, 0.1) is 27.7 Å². The topological polar surface area (TPSA) is 13.0 Å². The van der Waals surface area contributed by atoms with Gasteiger partial charge in [-0.15, -0.1) is 0 Å². The van der Waals surface area contributed by atoms with Crippen molar-refractivity contribution < 1.29 is 0 Å². The highest BCUT2D eigenvalue weighted by molar-refractivity contribution is 7.75. The second-order valence-corrected chi connectivity index (χ2v) is 19.5. The van der Waals surface area contributed by atoms with Crippen LogP contribution in [0.3, 0.4) is 0 Å². The molecule has 4 fully saturated rings. The lowest BCUT2D eigenvalue weighted by molar-refractivity contribution is 0.409. The van der Waals surface area contributed by atoms with Crippen LogP contribution in [0.2, 0.25) is 0 Å². The van der Waals surface area contributed by atoms with E-state index < -0.39 is 16.4 Å². The summed E-state index contributed by atoms with van der Waals surface area (Å²) in [6.45, 7) is 8.87. The fraction of sp³-hybridized carbons (Fsp3) is 0.348. The normalized spacial score (nSPS) is 23.6. The molecule has 9 rings (SSSR count). The molecule has 0 amide bonds. The van der Waals surface area contributed by atoms with E-state index >= 15 is 0 Å². The van der Waals surface area contributed by atoms with Crippen molar-refractivity contribution in [3.8, 4) is 0 Å².